The van der Waals surface area contributed by atoms with Crippen LogP contribution in [0, 0.1) is 4.77 Å². The fourth-order valence-corrected chi connectivity index (χ4v) is 2.73. The second kappa shape index (κ2) is 5.33. The van der Waals surface area contributed by atoms with Crippen molar-refractivity contribution in [3.05, 3.63) is 58.6 Å². The Morgan fingerprint density at radius 2 is 1.91 bits per heavy atom. The van der Waals surface area contributed by atoms with Gasteiger partial charge in [-0.3, -0.25) is 0 Å². The van der Waals surface area contributed by atoms with E-state index in [9.17, 15) is 5.11 Å². The molecule has 5 nitrogen and oxygen atoms in total. The number of allylic oxidation sites excluding steroid dienone is 1. The van der Waals surface area contributed by atoms with Gasteiger partial charge in [0.15, 0.2) is 10.6 Å². The van der Waals surface area contributed by atoms with Crippen molar-refractivity contribution < 1.29 is 5.11 Å². The Morgan fingerprint density at radius 1 is 1.09 bits per heavy atom. The molecular formula is C17H12N4OS. The highest BCUT2D eigenvalue weighted by molar-refractivity contribution is 7.71. The van der Waals surface area contributed by atoms with Gasteiger partial charge < -0.3 is 15.1 Å². The zero-order valence-corrected chi connectivity index (χ0v) is 12.8. The topological polar surface area (TPSA) is 77.1 Å². The van der Waals surface area contributed by atoms with Crippen molar-refractivity contribution >= 4 is 35.9 Å². The molecule has 4 rings (SSSR count). The molecule has 0 spiro atoms. The summed E-state index contributed by atoms with van der Waals surface area (Å²) in [4.78, 5) is 14.3. The number of fused-ring (bicyclic) bond motifs is 1. The quantitative estimate of drug-likeness (QED) is 0.622. The standard InChI is InChI=1S/C17H12N4OS/c22-16-14(20-17(23)21-16)7-12-9-19-15-13(12)6-11(8-18-15)10-4-2-1-3-5-10/h1-9,22H,(H2,20,21,23)/b12-7+. The van der Waals surface area contributed by atoms with Gasteiger partial charge in [-0.2, -0.15) is 0 Å². The van der Waals surface area contributed by atoms with Crippen molar-refractivity contribution in [1.82, 2.24) is 15.0 Å². The van der Waals surface area contributed by atoms with Gasteiger partial charge in [0.1, 0.15) is 5.69 Å². The molecule has 0 saturated carbocycles. The van der Waals surface area contributed by atoms with Gasteiger partial charge in [-0.15, -0.1) is 0 Å². The molecule has 112 valence electrons. The van der Waals surface area contributed by atoms with Crippen LogP contribution in [0.3, 0.4) is 0 Å². The number of rotatable bonds is 2. The molecule has 0 bridgehead atoms. The van der Waals surface area contributed by atoms with Crippen LogP contribution in [0.4, 0.5) is 5.82 Å². The number of H-pyrrole nitrogens is 2. The van der Waals surface area contributed by atoms with E-state index in [1.54, 1.807) is 12.3 Å². The second-order valence-corrected chi connectivity index (χ2v) is 5.57. The van der Waals surface area contributed by atoms with Crippen LogP contribution in [0.15, 0.2) is 47.6 Å². The lowest BCUT2D eigenvalue weighted by Crippen LogP contribution is -1.86. The highest BCUT2D eigenvalue weighted by atomic mass is 32.1. The third-order valence-electron chi connectivity index (χ3n) is 3.65. The summed E-state index contributed by atoms with van der Waals surface area (Å²) in [5.74, 6) is 0.682. The van der Waals surface area contributed by atoms with Crippen molar-refractivity contribution in [2.24, 2.45) is 4.99 Å². The van der Waals surface area contributed by atoms with Crippen molar-refractivity contribution in [1.29, 1.82) is 0 Å². The summed E-state index contributed by atoms with van der Waals surface area (Å²) in [6.45, 7) is 0. The van der Waals surface area contributed by atoms with Gasteiger partial charge in [0.25, 0.3) is 0 Å². The Balaban J connectivity index is 1.80. The van der Waals surface area contributed by atoms with Gasteiger partial charge in [0, 0.05) is 29.1 Å². The number of imidazole rings is 1. The van der Waals surface area contributed by atoms with Gasteiger partial charge in [-0.05, 0) is 29.9 Å². The average Bonchev–Trinajstić information content (AvgIpc) is 3.11. The van der Waals surface area contributed by atoms with E-state index >= 15 is 0 Å². The Bertz CT molecular complexity index is 999. The molecule has 23 heavy (non-hydrogen) atoms. The summed E-state index contributed by atoms with van der Waals surface area (Å²) in [5.41, 5.74) is 4.43. The SMILES string of the molecule is Oc1[nH]c(=S)[nH]c1/C=C1\C=Nc2ncc(-c3ccccc3)cc21. The number of benzene rings is 1. The zero-order valence-electron chi connectivity index (χ0n) is 11.9. The minimum atomic E-state index is 0.0107. The lowest BCUT2D eigenvalue weighted by molar-refractivity contribution is 0.455. The summed E-state index contributed by atoms with van der Waals surface area (Å²) in [5, 5.41) is 9.81. The van der Waals surface area contributed by atoms with E-state index in [1.807, 2.05) is 36.5 Å². The maximum Gasteiger partial charge on any atom is 0.215 e. The first-order valence-corrected chi connectivity index (χ1v) is 7.44. The minimum absolute atomic E-state index is 0.0107. The minimum Gasteiger partial charge on any atom is -0.493 e. The lowest BCUT2D eigenvalue weighted by atomic mass is 10.0. The lowest BCUT2D eigenvalue weighted by Gasteiger charge is -2.04. The maximum absolute atomic E-state index is 9.81. The number of nitrogens with zero attached hydrogens (tertiary/aromatic N) is 2. The smallest absolute Gasteiger partial charge is 0.215 e. The summed E-state index contributed by atoms with van der Waals surface area (Å²) < 4.78 is 0.376. The molecule has 0 radical (unpaired) electrons. The summed E-state index contributed by atoms with van der Waals surface area (Å²) >= 11 is 4.98. The molecule has 1 aliphatic heterocycles. The van der Waals surface area contributed by atoms with Crippen molar-refractivity contribution in [3.63, 3.8) is 0 Å². The Morgan fingerprint density at radius 3 is 2.65 bits per heavy atom. The van der Waals surface area contributed by atoms with E-state index < -0.39 is 0 Å². The third-order valence-corrected chi connectivity index (χ3v) is 3.85. The molecular weight excluding hydrogens is 308 g/mol. The normalized spacial score (nSPS) is 14.3. The van der Waals surface area contributed by atoms with E-state index in [2.05, 4.69) is 26.0 Å². The van der Waals surface area contributed by atoms with E-state index in [4.69, 9.17) is 12.2 Å². The predicted molar refractivity (Wildman–Crippen MR) is 93.3 cm³/mol. The van der Waals surface area contributed by atoms with Crippen molar-refractivity contribution in [3.8, 4) is 17.0 Å². The molecule has 0 atom stereocenters. The van der Waals surface area contributed by atoms with Crippen LogP contribution < -0.4 is 0 Å². The van der Waals surface area contributed by atoms with Crippen LogP contribution in [0.2, 0.25) is 0 Å². The van der Waals surface area contributed by atoms with Crippen molar-refractivity contribution in [2.75, 3.05) is 0 Å². The number of aromatic amines is 2. The highest BCUT2D eigenvalue weighted by Crippen LogP contribution is 2.34. The van der Waals surface area contributed by atoms with Gasteiger partial charge >= 0.3 is 0 Å². The van der Waals surface area contributed by atoms with Crippen LogP contribution in [0.25, 0.3) is 22.8 Å². The Kier molecular flexibility index (Phi) is 3.17. The molecule has 0 aliphatic carbocycles. The number of hydrogen-bond acceptors (Lipinski definition) is 4. The predicted octanol–water partition coefficient (Wildman–Crippen LogP) is 4.10. The van der Waals surface area contributed by atoms with Gasteiger partial charge in [-0.1, -0.05) is 30.3 Å². The molecule has 2 aromatic heterocycles. The monoisotopic (exact) mass is 320 g/mol. The fraction of sp³-hybridized carbons (Fsp3) is 0. The van der Waals surface area contributed by atoms with Gasteiger partial charge in [0.2, 0.25) is 5.88 Å². The van der Waals surface area contributed by atoms with Crippen molar-refractivity contribution in [2.45, 2.75) is 0 Å². The molecule has 3 aromatic rings. The average molecular weight is 320 g/mol. The van der Waals surface area contributed by atoms with E-state index in [0.29, 0.717) is 16.3 Å². The van der Waals surface area contributed by atoms with E-state index in [-0.39, 0.29) is 5.88 Å². The highest BCUT2D eigenvalue weighted by Gasteiger charge is 2.16. The maximum atomic E-state index is 9.81. The number of hydrogen-bond donors (Lipinski definition) is 3. The third kappa shape index (κ3) is 2.49. The summed E-state index contributed by atoms with van der Waals surface area (Å²) in [7, 11) is 0. The molecule has 1 aliphatic rings. The Hall–Kier alpha value is -2.99. The first-order valence-electron chi connectivity index (χ1n) is 7.03. The molecule has 0 amide bonds. The summed E-state index contributed by atoms with van der Waals surface area (Å²) in [6, 6.07) is 12.1. The number of aliphatic imine (C=N–C) groups is 1. The molecule has 0 unspecified atom stereocenters. The van der Waals surface area contributed by atoms with Crippen LogP contribution in [-0.2, 0) is 0 Å². The number of aromatic hydroxyl groups is 1. The second-order valence-electron chi connectivity index (χ2n) is 5.16. The number of aromatic nitrogens is 3. The molecule has 3 heterocycles. The van der Waals surface area contributed by atoms with Crippen LogP contribution in [0.5, 0.6) is 5.88 Å². The largest absolute Gasteiger partial charge is 0.493 e. The van der Waals surface area contributed by atoms with Crippen LogP contribution in [0.1, 0.15) is 11.3 Å². The molecule has 6 heteroatoms. The first-order chi connectivity index (χ1) is 11.2. The Labute approximate surface area is 137 Å². The van der Waals surface area contributed by atoms with Gasteiger partial charge in [0.05, 0.1) is 0 Å². The fourth-order valence-electron chi connectivity index (χ4n) is 2.52. The molecule has 1 aromatic carbocycles. The van der Waals surface area contributed by atoms with E-state index in [0.717, 1.165) is 22.3 Å². The first kappa shape index (κ1) is 13.7. The zero-order chi connectivity index (χ0) is 15.8. The van der Waals surface area contributed by atoms with Crippen LogP contribution >= 0.6 is 12.2 Å². The summed E-state index contributed by atoms with van der Waals surface area (Å²) in [6.07, 6.45) is 5.35. The van der Waals surface area contributed by atoms with Gasteiger partial charge in [-0.25, -0.2) is 9.98 Å². The molecule has 0 saturated heterocycles. The van der Waals surface area contributed by atoms with E-state index in [1.165, 1.54) is 0 Å². The number of nitrogens with one attached hydrogen (secondary N) is 2. The molecule has 0 fully saturated rings. The van der Waals surface area contributed by atoms with Crippen LogP contribution in [-0.4, -0.2) is 26.3 Å². The molecule has 3 N–H and O–H groups in total. The number of pyridine rings is 1.